The molecule has 2 N–H and O–H groups in total. The van der Waals surface area contributed by atoms with E-state index in [9.17, 15) is 4.39 Å². The fraction of sp³-hybridized carbons (Fsp3) is 0.143. The summed E-state index contributed by atoms with van der Waals surface area (Å²) in [7, 11) is 0. The number of halogens is 2. The molecule has 1 aromatic carbocycles. The van der Waals surface area contributed by atoms with E-state index in [-0.39, 0.29) is 6.54 Å². The molecule has 1 radical (unpaired) electrons. The van der Waals surface area contributed by atoms with Crippen LogP contribution in [-0.4, -0.2) is 0 Å². The summed E-state index contributed by atoms with van der Waals surface area (Å²) in [5.41, 5.74) is 5.82. The molecule has 1 nitrogen and oxygen atoms in total. The Morgan fingerprint density at radius 3 is 2.80 bits per heavy atom. The highest BCUT2D eigenvalue weighted by molar-refractivity contribution is 6.30. The van der Waals surface area contributed by atoms with Crippen molar-refractivity contribution in [2.24, 2.45) is 5.73 Å². The summed E-state index contributed by atoms with van der Waals surface area (Å²) >= 11 is 5.51. The molecule has 0 atom stereocenters. The first-order chi connectivity index (χ1) is 4.72. The maximum absolute atomic E-state index is 12.4. The molecule has 0 saturated carbocycles. The molecule has 0 unspecified atom stereocenters. The van der Waals surface area contributed by atoms with E-state index in [1.54, 1.807) is 6.07 Å². The van der Waals surface area contributed by atoms with E-state index in [2.05, 4.69) is 6.07 Å². The number of benzene rings is 1. The second-order valence-corrected chi connectivity index (χ2v) is 2.31. The molecule has 0 heterocycles. The first-order valence-electron chi connectivity index (χ1n) is 2.79. The molecule has 0 aliphatic rings. The Morgan fingerprint density at radius 2 is 2.30 bits per heavy atom. The van der Waals surface area contributed by atoms with Crippen molar-refractivity contribution in [3.05, 3.63) is 34.6 Å². The van der Waals surface area contributed by atoms with Crippen molar-refractivity contribution in [2.45, 2.75) is 6.54 Å². The lowest BCUT2D eigenvalue weighted by atomic mass is 10.2. The van der Waals surface area contributed by atoms with Crippen molar-refractivity contribution >= 4 is 11.6 Å². The Bertz CT molecular complexity index is 217. The van der Waals surface area contributed by atoms with Crippen LogP contribution in [0.5, 0.6) is 0 Å². The van der Waals surface area contributed by atoms with Crippen LogP contribution in [-0.2, 0) is 6.54 Å². The molecule has 0 fully saturated rings. The molecule has 0 spiro atoms. The predicted octanol–water partition coefficient (Wildman–Crippen LogP) is 1.74. The monoisotopic (exact) mass is 158 g/mol. The quantitative estimate of drug-likeness (QED) is 0.662. The SMILES string of the molecule is NCc1[c]c(F)cc(Cl)c1. The fourth-order valence-electron chi connectivity index (χ4n) is 0.665. The lowest BCUT2D eigenvalue weighted by Crippen LogP contribution is -1.96. The lowest BCUT2D eigenvalue weighted by molar-refractivity contribution is 0.623. The van der Waals surface area contributed by atoms with Gasteiger partial charge in [0.1, 0.15) is 5.82 Å². The van der Waals surface area contributed by atoms with Gasteiger partial charge in [-0.15, -0.1) is 0 Å². The van der Waals surface area contributed by atoms with Crippen molar-refractivity contribution in [3.63, 3.8) is 0 Å². The third-order valence-corrected chi connectivity index (χ3v) is 1.29. The number of rotatable bonds is 1. The summed E-state index contributed by atoms with van der Waals surface area (Å²) in [5.74, 6) is -0.465. The van der Waals surface area contributed by atoms with Crippen molar-refractivity contribution in [2.75, 3.05) is 0 Å². The van der Waals surface area contributed by atoms with Gasteiger partial charge in [-0.2, -0.15) is 0 Å². The van der Waals surface area contributed by atoms with Gasteiger partial charge in [-0.05, 0) is 17.7 Å². The predicted molar refractivity (Wildman–Crippen MR) is 38.1 cm³/mol. The van der Waals surface area contributed by atoms with Gasteiger partial charge in [0.2, 0.25) is 0 Å². The lowest BCUT2D eigenvalue weighted by Gasteiger charge is -1.95. The van der Waals surface area contributed by atoms with Gasteiger partial charge in [0.15, 0.2) is 0 Å². The Kier molecular flexibility index (Phi) is 2.25. The van der Waals surface area contributed by atoms with Crippen LogP contribution in [0.4, 0.5) is 4.39 Å². The van der Waals surface area contributed by atoms with E-state index in [4.69, 9.17) is 17.3 Å². The van der Waals surface area contributed by atoms with Gasteiger partial charge in [0.25, 0.3) is 0 Å². The van der Waals surface area contributed by atoms with Gasteiger partial charge < -0.3 is 5.73 Å². The zero-order chi connectivity index (χ0) is 7.56. The smallest absolute Gasteiger partial charge is 0.132 e. The second-order valence-electron chi connectivity index (χ2n) is 1.88. The summed E-state index contributed by atoms with van der Waals surface area (Å²) < 4.78 is 12.4. The van der Waals surface area contributed by atoms with Crippen LogP contribution < -0.4 is 5.73 Å². The highest BCUT2D eigenvalue weighted by Gasteiger charge is 1.96. The van der Waals surface area contributed by atoms with E-state index in [0.29, 0.717) is 10.6 Å². The summed E-state index contributed by atoms with van der Waals surface area (Å²) in [6, 6.07) is 5.20. The van der Waals surface area contributed by atoms with E-state index in [1.165, 1.54) is 6.07 Å². The average molecular weight is 159 g/mol. The van der Waals surface area contributed by atoms with Crippen LogP contribution >= 0.6 is 11.6 Å². The van der Waals surface area contributed by atoms with Crippen molar-refractivity contribution < 1.29 is 4.39 Å². The zero-order valence-corrected chi connectivity index (χ0v) is 5.95. The standard InChI is InChI=1S/C7H6ClFN/c8-6-1-5(4-10)2-7(9)3-6/h1,3H,4,10H2. The van der Waals surface area contributed by atoms with Gasteiger partial charge in [-0.25, -0.2) is 4.39 Å². The highest BCUT2D eigenvalue weighted by atomic mass is 35.5. The van der Waals surface area contributed by atoms with Gasteiger partial charge in [0, 0.05) is 17.6 Å². The maximum Gasteiger partial charge on any atom is 0.132 e. The van der Waals surface area contributed by atoms with Crippen LogP contribution in [0.1, 0.15) is 5.56 Å². The number of hydrogen-bond acceptors (Lipinski definition) is 1. The van der Waals surface area contributed by atoms with Gasteiger partial charge in [-0.3, -0.25) is 0 Å². The van der Waals surface area contributed by atoms with Gasteiger partial charge in [0.05, 0.1) is 0 Å². The molecule has 0 amide bonds. The Hall–Kier alpha value is -0.600. The molecule has 10 heavy (non-hydrogen) atoms. The highest BCUT2D eigenvalue weighted by Crippen LogP contribution is 2.12. The zero-order valence-electron chi connectivity index (χ0n) is 5.20. The number of hydrogen-bond donors (Lipinski definition) is 1. The summed E-state index contributed by atoms with van der Waals surface area (Å²) in [5, 5.41) is 0.358. The molecule has 3 heteroatoms. The Labute approximate surface area is 63.6 Å². The van der Waals surface area contributed by atoms with Gasteiger partial charge >= 0.3 is 0 Å². The van der Waals surface area contributed by atoms with Crippen LogP contribution in [0.25, 0.3) is 0 Å². The van der Waals surface area contributed by atoms with Crippen LogP contribution in [0, 0.1) is 11.9 Å². The molecule has 1 aromatic rings. The van der Waals surface area contributed by atoms with Crippen LogP contribution in [0.3, 0.4) is 0 Å². The third kappa shape index (κ3) is 1.69. The van der Waals surface area contributed by atoms with E-state index in [0.717, 1.165) is 0 Å². The molecular formula is C7H6ClFN. The Morgan fingerprint density at radius 1 is 1.60 bits per heavy atom. The molecule has 0 saturated heterocycles. The number of nitrogens with two attached hydrogens (primary N) is 1. The minimum absolute atomic E-state index is 0.261. The summed E-state index contributed by atoms with van der Waals surface area (Å²) in [4.78, 5) is 0. The molecule has 0 bridgehead atoms. The minimum Gasteiger partial charge on any atom is -0.326 e. The largest absolute Gasteiger partial charge is 0.326 e. The molecule has 0 aromatic heterocycles. The van der Waals surface area contributed by atoms with Crippen LogP contribution in [0.2, 0.25) is 5.02 Å². The molecule has 0 aliphatic carbocycles. The molecule has 0 aliphatic heterocycles. The summed E-state index contributed by atoms with van der Waals surface area (Å²) in [6.07, 6.45) is 0. The second kappa shape index (κ2) is 2.99. The van der Waals surface area contributed by atoms with E-state index >= 15 is 0 Å². The van der Waals surface area contributed by atoms with E-state index < -0.39 is 5.82 Å². The van der Waals surface area contributed by atoms with E-state index in [1.807, 2.05) is 0 Å². The van der Waals surface area contributed by atoms with Gasteiger partial charge in [-0.1, -0.05) is 11.6 Å². The first-order valence-corrected chi connectivity index (χ1v) is 3.17. The van der Waals surface area contributed by atoms with Crippen molar-refractivity contribution in [3.8, 4) is 0 Å². The summed E-state index contributed by atoms with van der Waals surface area (Å²) in [6.45, 7) is 0.261. The maximum atomic E-state index is 12.4. The first kappa shape index (κ1) is 7.51. The Balaban J connectivity index is 3.06. The van der Waals surface area contributed by atoms with Crippen molar-refractivity contribution in [1.82, 2.24) is 0 Å². The third-order valence-electron chi connectivity index (χ3n) is 1.08. The molecular weight excluding hydrogens is 153 g/mol. The minimum atomic E-state index is -0.465. The average Bonchev–Trinajstić information content (AvgIpc) is 1.85. The van der Waals surface area contributed by atoms with Crippen molar-refractivity contribution in [1.29, 1.82) is 0 Å². The molecule has 53 valence electrons. The van der Waals surface area contributed by atoms with Crippen LogP contribution in [0.15, 0.2) is 12.1 Å². The fourth-order valence-corrected chi connectivity index (χ4v) is 0.892. The normalized spacial score (nSPS) is 9.90. The molecule has 1 rings (SSSR count). The topological polar surface area (TPSA) is 26.0 Å².